The molecule has 1 aliphatic rings. The highest BCUT2D eigenvalue weighted by Crippen LogP contribution is 2.29. The average Bonchev–Trinajstić information content (AvgIpc) is 2.86. The zero-order valence-corrected chi connectivity index (χ0v) is 10.2. The Labute approximate surface area is 100 Å². The Morgan fingerprint density at radius 3 is 2.88 bits per heavy atom. The molecule has 1 saturated carbocycles. The van der Waals surface area contributed by atoms with Crippen molar-refractivity contribution in [3.63, 3.8) is 0 Å². The summed E-state index contributed by atoms with van der Waals surface area (Å²) in [5.41, 5.74) is 5.91. The minimum atomic E-state index is -0.237. The molecule has 3 nitrogen and oxygen atoms in total. The van der Waals surface area contributed by atoms with Gasteiger partial charge in [0, 0.05) is 16.8 Å². The van der Waals surface area contributed by atoms with Gasteiger partial charge in [-0.05, 0) is 24.3 Å². The van der Waals surface area contributed by atoms with E-state index in [0.717, 1.165) is 25.7 Å². The minimum Gasteiger partial charge on any atom is -0.351 e. The molecule has 0 bridgehead atoms. The fraction of sp³-hybridized carbons (Fsp3) is 0.583. The molecule has 0 aliphatic heterocycles. The Hall–Kier alpha value is -0.870. The van der Waals surface area contributed by atoms with Gasteiger partial charge in [0.1, 0.15) is 0 Å². The molecule has 0 unspecified atom stereocenters. The third-order valence-electron chi connectivity index (χ3n) is 3.15. The maximum absolute atomic E-state index is 11.7. The van der Waals surface area contributed by atoms with E-state index >= 15 is 0 Å². The highest BCUT2D eigenvalue weighted by molar-refractivity contribution is 7.09. The second kappa shape index (κ2) is 4.97. The summed E-state index contributed by atoms with van der Waals surface area (Å²) in [4.78, 5) is 12.9. The lowest BCUT2D eigenvalue weighted by atomic mass is 9.94. The first-order valence-corrected chi connectivity index (χ1v) is 6.64. The topological polar surface area (TPSA) is 55.1 Å². The van der Waals surface area contributed by atoms with Crippen molar-refractivity contribution in [2.75, 3.05) is 0 Å². The lowest BCUT2D eigenvalue weighted by molar-refractivity contribution is -0.122. The van der Waals surface area contributed by atoms with Crippen LogP contribution in [0.1, 0.15) is 37.0 Å². The number of rotatable bonds is 4. The molecular formula is C12H18N2OS. The molecule has 0 saturated heterocycles. The van der Waals surface area contributed by atoms with Crippen molar-refractivity contribution >= 4 is 17.2 Å². The summed E-state index contributed by atoms with van der Waals surface area (Å²) in [5, 5.41) is 4.95. The molecule has 4 heteroatoms. The van der Waals surface area contributed by atoms with E-state index in [-0.39, 0.29) is 11.4 Å². The van der Waals surface area contributed by atoms with E-state index < -0.39 is 0 Å². The molecule has 1 aromatic rings. The molecule has 0 aromatic carbocycles. The summed E-state index contributed by atoms with van der Waals surface area (Å²) in [6.07, 6.45) is 4.76. The van der Waals surface area contributed by atoms with Crippen LogP contribution < -0.4 is 11.1 Å². The molecule has 1 fully saturated rings. The van der Waals surface area contributed by atoms with E-state index in [1.807, 2.05) is 17.5 Å². The van der Waals surface area contributed by atoms with Gasteiger partial charge in [0.2, 0.25) is 5.91 Å². The SMILES string of the molecule is NC1(CC(=O)NCc2cccs2)CCCC1. The second-order valence-corrected chi connectivity index (χ2v) is 5.63. The molecule has 1 aliphatic carbocycles. The van der Waals surface area contributed by atoms with Gasteiger partial charge < -0.3 is 11.1 Å². The van der Waals surface area contributed by atoms with Gasteiger partial charge in [-0.2, -0.15) is 0 Å². The van der Waals surface area contributed by atoms with Gasteiger partial charge in [0.25, 0.3) is 0 Å². The van der Waals surface area contributed by atoms with Crippen LogP contribution in [0.15, 0.2) is 17.5 Å². The number of nitrogens with one attached hydrogen (secondary N) is 1. The molecule has 1 aromatic heterocycles. The third kappa shape index (κ3) is 3.06. The van der Waals surface area contributed by atoms with Gasteiger partial charge in [-0.15, -0.1) is 11.3 Å². The molecule has 1 heterocycles. The quantitative estimate of drug-likeness (QED) is 0.843. The smallest absolute Gasteiger partial charge is 0.222 e. The third-order valence-corrected chi connectivity index (χ3v) is 4.03. The fourth-order valence-corrected chi connectivity index (χ4v) is 2.88. The first-order chi connectivity index (χ1) is 7.68. The molecule has 0 spiro atoms. The molecule has 0 atom stereocenters. The van der Waals surface area contributed by atoms with Crippen LogP contribution in [0.5, 0.6) is 0 Å². The number of nitrogens with two attached hydrogens (primary N) is 1. The highest BCUT2D eigenvalue weighted by Gasteiger charge is 2.31. The first kappa shape index (κ1) is 11.6. The van der Waals surface area contributed by atoms with Crippen molar-refractivity contribution in [1.29, 1.82) is 0 Å². The largest absolute Gasteiger partial charge is 0.351 e. The van der Waals surface area contributed by atoms with Gasteiger partial charge >= 0.3 is 0 Å². The van der Waals surface area contributed by atoms with Gasteiger partial charge in [-0.25, -0.2) is 0 Å². The van der Waals surface area contributed by atoms with Crippen molar-refractivity contribution in [2.24, 2.45) is 5.73 Å². The van der Waals surface area contributed by atoms with Crippen LogP contribution in [0.4, 0.5) is 0 Å². The van der Waals surface area contributed by atoms with Crippen molar-refractivity contribution < 1.29 is 4.79 Å². The lowest BCUT2D eigenvalue weighted by Crippen LogP contribution is -2.41. The summed E-state index contributed by atoms with van der Waals surface area (Å²) in [6, 6.07) is 4.02. The number of carbonyl (C=O) groups excluding carboxylic acids is 1. The van der Waals surface area contributed by atoms with Crippen LogP contribution in [-0.2, 0) is 11.3 Å². The van der Waals surface area contributed by atoms with Crippen LogP contribution in [-0.4, -0.2) is 11.4 Å². The van der Waals surface area contributed by atoms with E-state index in [9.17, 15) is 4.79 Å². The van der Waals surface area contributed by atoms with Crippen LogP contribution in [0.2, 0.25) is 0 Å². The van der Waals surface area contributed by atoms with Gasteiger partial charge in [-0.3, -0.25) is 4.79 Å². The fourth-order valence-electron chi connectivity index (χ4n) is 2.24. The standard InChI is InChI=1S/C12H18N2OS/c13-12(5-1-2-6-12)8-11(15)14-9-10-4-3-7-16-10/h3-4,7H,1-2,5-6,8-9,13H2,(H,14,15). The number of carbonyl (C=O) groups is 1. The Balaban J connectivity index is 1.76. The number of amides is 1. The minimum absolute atomic E-state index is 0.0813. The summed E-state index contributed by atoms with van der Waals surface area (Å²) >= 11 is 1.66. The van der Waals surface area contributed by atoms with Crippen LogP contribution in [0.3, 0.4) is 0 Å². The summed E-state index contributed by atoms with van der Waals surface area (Å²) < 4.78 is 0. The molecule has 3 N–H and O–H groups in total. The Bertz CT molecular complexity index is 342. The highest BCUT2D eigenvalue weighted by atomic mass is 32.1. The summed E-state index contributed by atoms with van der Waals surface area (Å²) in [6.45, 7) is 0.632. The summed E-state index contributed by atoms with van der Waals surface area (Å²) in [5.74, 6) is 0.0813. The van der Waals surface area contributed by atoms with E-state index in [1.54, 1.807) is 11.3 Å². The van der Waals surface area contributed by atoms with E-state index in [2.05, 4.69) is 5.32 Å². The van der Waals surface area contributed by atoms with E-state index in [4.69, 9.17) is 5.73 Å². The van der Waals surface area contributed by atoms with Crippen molar-refractivity contribution in [2.45, 2.75) is 44.2 Å². The van der Waals surface area contributed by atoms with Crippen molar-refractivity contribution in [3.05, 3.63) is 22.4 Å². The zero-order chi connectivity index (χ0) is 11.4. The summed E-state index contributed by atoms with van der Waals surface area (Å²) in [7, 11) is 0. The van der Waals surface area contributed by atoms with Crippen LogP contribution in [0.25, 0.3) is 0 Å². The van der Waals surface area contributed by atoms with Gasteiger partial charge in [-0.1, -0.05) is 18.9 Å². The first-order valence-electron chi connectivity index (χ1n) is 5.76. The lowest BCUT2D eigenvalue weighted by Gasteiger charge is -2.22. The molecule has 0 radical (unpaired) electrons. The van der Waals surface area contributed by atoms with Gasteiger partial charge in [0.05, 0.1) is 6.54 Å². The maximum atomic E-state index is 11.7. The zero-order valence-electron chi connectivity index (χ0n) is 9.37. The Morgan fingerprint density at radius 1 is 1.50 bits per heavy atom. The maximum Gasteiger partial charge on any atom is 0.222 e. The average molecular weight is 238 g/mol. The Kier molecular flexibility index (Phi) is 3.61. The van der Waals surface area contributed by atoms with E-state index in [1.165, 1.54) is 4.88 Å². The monoisotopic (exact) mass is 238 g/mol. The number of thiophene rings is 1. The molecule has 16 heavy (non-hydrogen) atoms. The predicted octanol–water partition coefficient (Wildman–Crippen LogP) is 2.03. The molecule has 1 amide bonds. The molecule has 88 valence electrons. The molecule has 2 rings (SSSR count). The van der Waals surface area contributed by atoms with Gasteiger partial charge in [0.15, 0.2) is 0 Å². The van der Waals surface area contributed by atoms with Crippen molar-refractivity contribution in [1.82, 2.24) is 5.32 Å². The van der Waals surface area contributed by atoms with Crippen LogP contribution >= 0.6 is 11.3 Å². The molecular weight excluding hydrogens is 220 g/mol. The van der Waals surface area contributed by atoms with Crippen LogP contribution in [0, 0.1) is 0 Å². The van der Waals surface area contributed by atoms with E-state index in [0.29, 0.717) is 13.0 Å². The second-order valence-electron chi connectivity index (χ2n) is 4.60. The normalized spacial score (nSPS) is 18.6. The number of hydrogen-bond acceptors (Lipinski definition) is 3. The van der Waals surface area contributed by atoms with Crippen molar-refractivity contribution in [3.8, 4) is 0 Å². The number of hydrogen-bond donors (Lipinski definition) is 2. The predicted molar refractivity (Wildman–Crippen MR) is 66.2 cm³/mol. The Morgan fingerprint density at radius 2 is 2.25 bits per heavy atom.